The van der Waals surface area contributed by atoms with Gasteiger partial charge in [-0.25, -0.2) is 0 Å². The highest BCUT2D eigenvalue weighted by molar-refractivity contribution is 6.32. The average Bonchev–Trinajstić information content (AvgIpc) is 3.16. The van der Waals surface area contributed by atoms with E-state index in [0.29, 0.717) is 55.3 Å². The molecule has 0 saturated carbocycles. The standard InChI is InChI=1S/C18H22ClNO5/c19-14-9-12(10-15-17(14)23-6-5-22-15)11-16(21)20-3-1-13(2-4-20)18-24-7-8-25-18/h9-10,13,18H,1-8,11H2. The van der Waals surface area contributed by atoms with E-state index in [4.69, 9.17) is 30.5 Å². The number of hydrogen-bond donors (Lipinski definition) is 0. The first-order chi connectivity index (χ1) is 12.2. The van der Waals surface area contributed by atoms with Crippen LogP contribution in [0.25, 0.3) is 0 Å². The number of piperidine rings is 1. The van der Waals surface area contributed by atoms with Crippen molar-refractivity contribution in [2.75, 3.05) is 39.5 Å². The normalized spacial score (nSPS) is 21.6. The zero-order chi connectivity index (χ0) is 17.2. The Morgan fingerprint density at radius 3 is 2.56 bits per heavy atom. The Labute approximate surface area is 151 Å². The molecule has 0 radical (unpaired) electrons. The van der Waals surface area contributed by atoms with Gasteiger partial charge in [-0.3, -0.25) is 4.79 Å². The number of benzene rings is 1. The number of hydrogen-bond acceptors (Lipinski definition) is 5. The maximum absolute atomic E-state index is 12.6. The molecule has 1 amide bonds. The first-order valence-electron chi connectivity index (χ1n) is 8.80. The first kappa shape index (κ1) is 16.9. The van der Waals surface area contributed by atoms with Crippen molar-refractivity contribution in [1.29, 1.82) is 0 Å². The van der Waals surface area contributed by atoms with Gasteiger partial charge >= 0.3 is 0 Å². The van der Waals surface area contributed by atoms with E-state index >= 15 is 0 Å². The molecule has 0 aliphatic carbocycles. The van der Waals surface area contributed by atoms with Gasteiger partial charge < -0.3 is 23.8 Å². The zero-order valence-corrected chi connectivity index (χ0v) is 14.8. The molecule has 0 unspecified atom stereocenters. The number of likely N-dealkylation sites (tertiary alicyclic amines) is 1. The topological polar surface area (TPSA) is 57.2 Å². The molecule has 0 aromatic heterocycles. The second-order valence-electron chi connectivity index (χ2n) is 6.61. The number of rotatable bonds is 3. The molecule has 0 bridgehead atoms. The average molecular weight is 368 g/mol. The molecule has 4 rings (SSSR count). The Balaban J connectivity index is 1.35. The summed E-state index contributed by atoms with van der Waals surface area (Å²) >= 11 is 6.25. The lowest BCUT2D eigenvalue weighted by molar-refractivity contribution is -0.136. The molecule has 0 atom stereocenters. The number of halogens is 1. The minimum Gasteiger partial charge on any atom is -0.486 e. The third kappa shape index (κ3) is 3.71. The van der Waals surface area contributed by atoms with Gasteiger partial charge in [-0.05, 0) is 30.5 Å². The van der Waals surface area contributed by atoms with Crippen LogP contribution in [-0.4, -0.2) is 56.6 Å². The van der Waals surface area contributed by atoms with Gasteiger partial charge in [0.2, 0.25) is 5.91 Å². The van der Waals surface area contributed by atoms with Crippen LogP contribution < -0.4 is 9.47 Å². The summed E-state index contributed by atoms with van der Waals surface area (Å²) in [6.45, 7) is 3.83. The second kappa shape index (κ2) is 7.40. The molecule has 3 aliphatic rings. The van der Waals surface area contributed by atoms with Gasteiger partial charge in [0.15, 0.2) is 17.8 Å². The van der Waals surface area contributed by atoms with Crippen LogP contribution in [0.3, 0.4) is 0 Å². The molecule has 7 heteroatoms. The first-order valence-corrected chi connectivity index (χ1v) is 9.17. The fraction of sp³-hybridized carbons (Fsp3) is 0.611. The Bertz CT molecular complexity index is 639. The van der Waals surface area contributed by atoms with Crippen LogP contribution in [0.1, 0.15) is 18.4 Å². The molecule has 1 aromatic rings. The molecule has 3 aliphatic heterocycles. The van der Waals surface area contributed by atoms with Gasteiger partial charge in [0, 0.05) is 19.0 Å². The summed E-state index contributed by atoms with van der Waals surface area (Å²) in [5.74, 6) is 1.69. The molecular formula is C18H22ClNO5. The lowest BCUT2D eigenvalue weighted by atomic mass is 9.95. The molecule has 25 heavy (non-hydrogen) atoms. The predicted molar refractivity (Wildman–Crippen MR) is 91.1 cm³/mol. The summed E-state index contributed by atoms with van der Waals surface area (Å²) in [6.07, 6.45) is 2.06. The minimum atomic E-state index is -0.0890. The van der Waals surface area contributed by atoms with Gasteiger partial charge in [-0.15, -0.1) is 0 Å². The lowest BCUT2D eigenvalue weighted by Crippen LogP contribution is -2.42. The number of ether oxygens (including phenoxy) is 4. The zero-order valence-electron chi connectivity index (χ0n) is 14.0. The molecule has 1 aromatic carbocycles. The van der Waals surface area contributed by atoms with E-state index in [1.807, 2.05) is 11.0 Å². The second-order valence-corrected chi connectivity index (χ2v) is 7.01. The van der Waals surface area contributed by atoms with Crippen LogP contribution >= 0.6 is 11.6 Å². The molecule has 3 heterocycles. The van der Waals surface area contributed by atoms with Crippen molar-refractivity contribution in [2.45, 2.75) is 25.6 Å². The third-order valence-corrected chi connectivity index (χ3v) is 5.22. The van der Waals surface area contributed by atoms with Crippen molar-refractivity contribution in [2.24, 2.45) is 5.92 Å². The Morgan fingerprint density at radius 1 is 1.08 bits per heavy atom. The largest absolute Gasteiger partial charge is 0.486 e. The van der Waals surface area contributed by atoms with Crippen molar-refractivity contribution >= 4 is 17.5 Å². The fourth-order valence-corrected chi connectivity index (χ4v) is 3.91. The van der Waals surface area contributed by atoms with Gasteiger partial charge in [0.1, 0.15) is 13.2 Å². The van der Waals surface area contributed by atoms with Crippen LogP contribution in [-0.2, 0) is 20.7 Å². The van der Waals surface area contributed by atoms with E-state index in [1.165, 1.54) is 0 Å². The van der Waals surface area contributed by atoms with Gasteiger partial charge in [0.05, 0.1) is 24.7 Å². The maximum atomic E-state index is 12.6. The van der Waals surface area contributed by atoms with Crippen molar-refractivity contribution < 1.29 is 23.7 Å². The summed E-state index contributed by atoms with van der Waals surface area (Å²) in [5, 5.41) is 0.495. The highest BCUT2D eigenvalue weighted by Gasteiger charge is 2.31. The van der Waals surface area contributed by atoms with E-state index in [-0.39, 0.29) is 12.2 Å². The molecule has 0 N–H and O–H groups in total. The number of carbonyl (C=O) groups excluding carboxylic acids is 1. The molecule has 136 valence electrons. The third-order valence-electron chi connectivity index (χ3n) is 4.94. The SMILES string of the molecule is O=C(Cc1cc(Cl)c2c(c1)OCCO2)N1CCC(C2OCCO2)CC1. The minimum absolute atomic E-state index is 0.0890. The summed E-state index contributed by atoms with van der Waals surface area (Å²) in [5.41, 5.74) is 0.851. The van der Waals surface area contributed by atoms with Crippen molar-refractivity contribution in [3.63, 3.8) is 0 Å². The summed E-state index contributed by atoms with van der Waals surface area (Å²) < 4.78 is 22.3. The lowest BCUT2D eigenvalue weighted by Gasteiger charge is -2.34. The van der Waals surface area contributed by atoms with Crippen LogP contribution in [0.2, 0.25) is 5.02 Å². The van der Waals surface area contributed by atoms with Crippen molar-refractivity contribution in [3.05, 3.63) is 22.7 Å². The van der Waals surface area contributed by atoms with Crippen LogP contribution in [0.5, 0.6) is 11.5 Å². The monoisotopic (exact) mass is 367 g/mol. The van der Waals surface area contributed by atoms with E-state index in [1.54, 1.807) is 6.07 Å². The Kier molecular flexibility index (Phi) is 5.01. The molecule has 0 spiro atoms. The van der Waals surface area contributed by atoms with Gasteiger partial charge in [-0.2, -0.15) is 0 Å². The molecule has 6 nitrogen and oxygen atoms in total. The van der Waals surface area contributed by atoms with E-state index in [9.17, 15) is 4.79 Å². The highest BCUT2D eigenvalue weighted by atomic mass is 35.5. The van der Waals surface area contributed by atoms with Crippen LogP contribution in [0.15, 0.2) is 12.1 Å². The Morgan fingerprint density at radius 2 is 1.80 bits per heavy atom. The van der Waals surface area contributed by atoms with E-state index in [2.05, 4.69) is 0 Å². The number of fused-ring (bicyclic) bond motifs is 1. The fourth-order valence-electron chi connectivity index (χ4n) is 3.62. The molecule has 2 fully saturated rings. The number of amides is 1. The number of carbonyl (C=O) groups is 1. The van der Waals surface area contributed by atoms with Crippen LogP contribution in [0, 0.1) is 5.92 Å². The number of nitrogens with zero attached hydrogens (tertiary/aromatic N) is 1. The Hall–Kier alpha value is -1.50. The van der Waals surface area contributed by atoms with Crippen LogP contribution in [0.4, 0.5) is 0 Å². The smallest absolute Gasteiger partial charge is 0.226 e. The molecular weight excluding hydrogens is 346 g/mol. The van der Waals surface area contributed by atoms with E-state index < -0.39 is 0 Å². The summed E-state index contributed by atoms with van der Waals surface area (Å²) in [6, 6.07) is 3.64. The van der Waals surface area contributed by atoms with Gasteiger partial charge in [0.25, 0.3) is 0 Å². The maximum Gasteiger partial charge on any atom is 0.226 e. The van der Waals surface area contributed by atoms with Crippen molar-refractivity contribution in [3.8, 4) is 11.5 Å². The summed E-state index contributed by atoms with van der Waals surface area (Å²) in [7, 11) is 0. The van der Waals surface area contributed by atoms with E-state index in [0.717, 1.165) is 31.5 Å². The quantitative estimate of drug-likeness (QED) is 0.820. The van der Waals surface area contributed by atoms with Gasteiger partial charge in [-0.1, -0.05) is 11.6 Å². The van der Waals surface area contributed by atoms with Crippen molar-refractivity contribution in [1.82, 2.24) is 4.90 Å². The summed E-state index contributed by atoms with van der Waals surface area (Å²) in [4.78, 5) is 14.5. The molecule has 2 saturated heterocycles. The predicted octanol–water partition coefficient (Wildman–Crippen LogP) is 2.27. The highest BCUT2D eigenvalue weighted by Crippen LogP contribution is 2.38.